The molecule has 0 aliphatic carbocycles. The second kappa shape index (κ2) is 9.06. The van der Waals surface area contributed by atoms with Crippen molar-refractivity contribution >= 4 is 34.8 Å². The molecule has 0 fully saturated rings. The van der Waals surface area contributed by atoms with E-state index in [2.05, 4.69) is 5.32 Å². The van der Waals surface area contributed by atoms with Crippen LogP contribution in [0.15, 0.2) is 66.7 Å². The lowest BCUT2D eigenvalue weighted by atomic mass is 10.1. The second-order valence-electron chi connectivity index (χ2n) is 6.75. The van der Waals surface area contributed by atoms with Gasteiger partial charge in [-0.25, -0.2) is 4.39 Å². The molecule has 0 atom stereocenters. The molecule has 0 saturated heterocycles. The summed E-state index contributed by atoms with van der Waals surface area (Å²) in [6, 6.07) is 17.5. The van der Waals surface area contributed by atoms with E-state index in [9.17, 15) is 14.0 Å². The number of benzene rings is 3. The molecule has 1 aliphatic rings. The molecule has 0 aromatic heterocycles. The van der Waals surface area contributed by atoms with Crippen LogP contribution >= 0.6 is 11.6 Å². The number of carbonyl (C=O) groups excluding carboxylic acids is 2. The Balaban J connectivity index is 1.48. The predicted molar refractivity (Wildman–Crippen MR) is 116 cm³/mol. The van der Waals surface area contributed by atoms with Crippen molar-refractivity contribution in [2.24, 2.45) is 0 Å². The minimum Gasteiger partial charge on any atom is -0.492 e. The van der Waals surface area contributed by atoms with Gasteiger partial charge < -0.3 is 19.7 Å². The van der Waals surface area contributed by atoms with Gasteiger partial charge >= 0.3 is 0 Å². The number of nitrogens with one attached hydrogen (secondary N) is 1. The Morgan fingerprint density at radius 2 is 1.90 bits per heavy atom. The van der Waals surface area contributed by atoms with Gasteiger partial charge in [0.05, 0.1) is 17.8 Å². The highest BCUT2D eigenvalue weighted by atomic mass is 35.5. The Morgan fingerprint density at radius 3 is 2.68 bits per heavy atom. The van der Waals surface area contributed by atoms with E-state index >= 15 is 0 Å². The third-order valence-electron chi connectivity index (χ3n) is 4.68. The number of nitrogens with zero attached hydrogens (tertiary/aromatic N) is 1. The van der Waals surface area contributed by atoms with Gasteiger partial charge in [-0.1, -0.05) is 23.7 Å². The van der Waals surface area contributed by atoms with Crippen molar-refractivity contribution in [2.75, 3.05) is 30.0 Å². The maximum Gasteiger partial charge on any atom is 0.265 e. The third-order valence-corrected chi connectivity index (χ3v) is 4.93. The molecular formula is C23H18ClFN2O4. The molecule has 3 aromatic rings. The van der Waals surface area contributed by atoms with E-state index in [1.54, 1.807) is 48.5 Å². The second-order valence-corrected chi connectivity index (χ2v) is 7.19. The highest BCUT2D eigenvalue weighted by Crippen LogP contribution is 2.34. The van der Waals surface area contributed by atoms with Gasteiger partial charge in [-0.2, -0.15) is 0 Å². The average Bonchev–Trinajstić information content (AvgIpc) is 2.77. The molecule has 1 heterocycles. The lowest BCUT2D eigenvalue weighted by Gasteiger charge is -2.29. The molecule has 3 aromatic carbocycles. The van der Waals surface area contributed by atoms with Crippen LogP contribution in [0.4, 0.5) is 15.8 Å². The summed E-state index contributed by atoms with van der Waals surface area (Å²) in [5.41, 5.74) is 0.844. The van der Waals surface area contributed by atoms with E-state index in [1.807, 2.05) is 0 Å². The summed E-state index contributed by atoms with van der Waals surface area (Å²) in [4.78, 5) is 26.4. The molecule has 6 nitrogen and oxygen atoms in total. The van der Waals surface area contributed by atoms with Crippen molar-refractivity contribution in [1.29, 1.82) is 0 Å². The molecule has 31 heavy (non-hydrogen) atoms. The highest BCUT2D eigenvalue weighted by Gasteiger charge is 2.26. The Bertz CT molecular complexity index is 1120. The first-order valence-electron chi connectivity index (χ1n) is 9.53. The van der Waals surface area contributed by atoms with Crippen LogP contribution in [0.5, 0.6) is 11.5 Å². The smallest absolute Gasteiger partial charge is 0.265 e. The molecule has 4 rings (SSSR count). The van der Waals surface area contributed by atoms with Gasteiger partial charge in [-0.3, -0.25) is 9.59 Å². The van der Waals surface area contributed by atoms with Gasteiger partial charge in [0.1, 0.15) is 23.9 Å². The van der Waals surface area contributed by atoms with E-state index in [0.29, 0.717) is 27.9 Å². The van der Waals surface area contributed by atoms with E-state index in [0.717, 1.165) is 0 Å². The number of halogens is 2. The van der Waals surface area contributed by atoms with Gasteiger partial charge in [0, 0.05) is 10.7 Å². The summed E-state index contributed by atoms with van der Waals surface area (Å²) in [6.45, 7) is 0.441. The SMILES string of the molecule is O=C(Nc1ccc2c(c1)N(CCOc1ccc(Cl)cc1)C(=O)CO2)c1ccccc1F. The first-order valence-corrected chi connectivity index (χ1v) is 9.90. The summed E-state index contributed by atoms with van der Waals surface area (Å²) < 4.78 is 25.1. The van der Waals surface area contributed by atoms with Crippen molar-refractivity contribution < 1.29 is 23.5 Å². The Hall–Kier alpha value is -3.58. The van der Waals surface area contributed by atoms with Gasteiger partial charge in [0.2, 0.25) is 0 Å². The Kier molecular flexibility index (Phi) is 6.04. The number of rotatable bonds is 6. The number of hydrogen-bond acceptors (Lipinski definition) is 4. The monoisotopic (exact) mass is 440 g/mol. The maximum atomic E-state index is 13.9. The summed E-state index contributed by atoms with van der Waals surface area (Å²) in [7, 11) is 0. The van der Waals surface area contributed by atoms with Crippen LogP contribution in [0.25, 0.3) is 0 Å². The van der Waals surface area contributed by atoms with Crippen LogP contribution in [0.3, 0.4) is 0 Å². The third kappa shape index (κ3) is 4.78. The zero-order chi connectivity index (χ0) is 21.8. The topological polar surface area (TPSA) is 67.9 Å². The number of anilines is 2. The quantitative estimate of drug-likeness (QED) is 0.611. The van der Waals surface area contributed by atoms with Crippen LogP contribution in [0.2, 0.25) is 5.02 Å². The van der Waals surface area contributed by atoms with Crippen molar-refractivity contribution in [3.8, 4) is 11.5 Å². The van der Waals surface area contributed by atoms with Crippen molar-refractivity contribution in [3.63, 3.8) is 0 Å². The molecule has 2 amide bonds. The standard InChI is InChI=1S/C23H18ClFN2O4/c24-15-5-8-17(9-6-15)30-12-11-27-20-13-16(7-10-21(20)31-14-22(27)28)26-23(29)18-3-1-2-4-19(18)25/h1-10,13H,11-12,14H2,(H,26,29). The normalized spacial score (nSPS) is 12.7. The van der Waals surface area contributed by atoms with E-state index in [4.69, 9.17) is 21.1 Å². The molecule has 0 bridgehead atoms. The fraction of sp³-hybridized carbons (Fsp3) is 0.130. The minimum absolute atomic E-state index is 0.0687. The van der Waals surface area contributed by atoms with Crippen LogP contribution in [-0.2, 0) is 4.79 Å². The van der Waals surface area contributed by atoms with Crippen molar-refractivity contribution in [3.05, 3.63) is 83.1 Å². The number of hydrogen-bond donors (Lipinski definition) is 1. The predicted octanol–water partition coefficient (Wildman–Crippen LogP) is 4.54. The number of amides is 2. The van der Waals surface area contributed by atoms with Gasteiger partial charge in [-0.05, 0) is 54.6 Å². The van der Waals surface area contributed by atoms with Crippen molar-refractivity contribution in [2.45, 2.75) is 0 Å². The summed E-state index contributed by atoms with van der Waals surface area (Å²) >= 11 is 5.87. The fourth-order valence-electron chi connectivity index (χ4n) is 3.15. The zero-order valence-corrected chi connectivity index (χ0v) is 17.1. The largest absolute Gasteiger partial charge is 0.492 e. The first kappa shape index (κ1) is 20.7. The number of ether oxygens (including phenoxy) is 2. The van der Waals surface area contributed by atoms with Crippen molar-refractivity contribution in [1.82, 2.24) is 0 Å². The summed E-state index contributed by atoms with van der Waals surface area (Å²) in [5, 5.41) is 3.26. The number of fused-ring (bicyclic) bond motifs is 1. The Labute approximate surface area is 183 Å². The first-order chi connectivity index (χ1) is 15.0. The molecule has 0 saturated carbocycles. The molecule has 0 unspecified atom stereocenters. The van der Waals surface area contributed by atoms with E-state index in [1.165, 1.54) is 23.1 Å². The molecule has 8 heteroatoms. The van der Waals surface area contributed by atoms with E-state index < -0.39 is 11.7 Å². The number of carbonyl (C=O) groups is 2. The highest BCUT2D eigenvalue weighted by molar-refractivity contribution is 6.30. The minimum atomic E-state index is -0.613. The molecular weight excluding hydrogens is 423 g/mol. The van der Waals surface area contributed by atoms with Crippen LogP contribution in [0.1, 0.15) is 10.4 Å². The van der Waals surface area contributed by atoms with Crippen LogP contribution < -0.4 is 19.7 Å². The average molecular weight is 441 g/mol. The lowest BCUT2D eigenvalue weighted by Crippen LogP contribution is -2.41. The maximum absolute atomic E-state index is 13.9. The molecule has 0 spiro atoms. The Morgan fingerprint density at radius 1 is 1.13 bits per heavy atom. The molecule has 0 radical (unpaired) electrons. The van der Waals surface area contributed by atoms with Crippen LogP contribution in [-0.4, -0.2) is 31.6 Å². The lowest BCUT2D eigenvalue weighted by molar-refractivity contribution is -0.121. The van der Waals surface area contributed by atoms with Crippen LogP contribution in [0, 0.1) is 5.82 Å². The zero-order valence-electron chi connectivity index (χ0n) is 16.3. The van der Waals surface area contributed by atoms with Gasteiger partial charge in [0.15, 0.2) is 6.61 Å². The molecule has 1 N–H and O–H groups in total. The van der Waals surface area contributed by atoms with E-state index in [-0.39, 0.29) is 31.2 Å². The summed E-state index contributed by atoms with van der Waals surface area (Å²) in [5.74, 6) is -0.285. The van der Waals surface area contributed by atoms with Gasteiger partial charge in [0.25, 0.3) is 11.8 Å². The molecule has 1 aliphatic heterocycles. The van der Waals surface area contributed by atoms with Gasteiger partial charge in [-0.15, -0.1) is 0 Å². The summed E-state index contributed by atoms with van der Waals surface area (Å²) in [6.07, 6.45) is 0. The molecule has 158 valence electrons. The fourth-order valence-corrected chi connectivity index (χ4v) is 3.28.